The first-order valence-electron chi connectivity index (χ1n) is 34.7. The first-order valence-corrected chi connectivity index (χ1v) is 34.7. The van der Waals surface area contributed by atoms with Gasteiger partial charge in [-0.3, -0.25) is 14.4 Å². The van der Waals surface area contributed by atoms with E-state index in [1.54, 1.807) is 0 Å². The van der Waals surface area contributed by atoms with E-state index in [0.717, 1.165) is 64.2 Å². The van der Waals surface area contributed by atoms with Crippen molar-refractivity contribution < 1.29 is 28.6 Å². The van der Waals surface area contributed by atoms with Crippen LogP contribution in [0.25, 0.3) is 0 Å². The van der Waals surface area contributed by atoms with Gasteiger partial charge in [0.25, 0.3) is 0 Å². The normalized spacial score (nSPS) is 12.0. The van der Waals surface area contributed by atoms with Crippen molar-refractivity contribution in [2.45, 2.75) is 406 Å². The first-order chi connectivity index (χ1) is 37.5. The third-order valence-corrected chi connectivity index (χ3v) is 16.0. The average Bonchev–Trinajstić information content (AvgIpc) is 3.42. The molecule has 1 unspecified atom stereocenters. The largest absolute Gasteiger partial charge is 0.462 e. The predicted octanol–water partition coefficient (Wildman–Crippen LogP) is 23.6. The second-order valence-corrected chi connectivity index (χ2v) is 23.8. The van der Waals surface area contributed by atoms with E-state index >= 15 is 0 Å². The van der Waals surface area contributed by atoms with Gasteiger partial charge in [0, 0.05) is 19.3 Å². The summed E-state index contributed by atoms with van der Waals surface area (Å²) < 4.78 is 17.0. The summed E-state index contributed by atoms with van der Waals surface area (Å²) in [5, 5.41) is 0. The third-order valence-electron chi connectivity index (χ3n) is 16.0. The Hall–Kier alpha value is -1.85. The quantitative estimate of drug-likeness (QED) is 0.0261. The SMILES string of the molecule is CCCCC/C=C\CCCCCCCC(=O)OCC(COC(=O)CCCCCCCCCCCCCCCCCCCCCCCCCCC)OC(=O)CCCCCCCCCCCCCCCCCCCCCCC. The van der Waals surface area contributed by atoms with Gasteiger partial charge in [0.05, 0.1) is 0 Å². The number of ether oxygens (including phenoxy) is 3. The molecule has 0 saturated heterocycles. The lowest BCUT2D eigenvalue weighted by atomic mass is 10.0. The van der Waals surface area contributed by atoms with E-state index < -0.39 is 6.10 Å². The Morgan fingerprint density at radius 2 is 0.434 bits per heavy atom. The van der Waals surface area contributed by atoms with E-state index in [-0.39, 0.29) is 31.1 Å². The van der Waals surface area contributed by atoms with E-state index in [1.807, 2.05) is 0 Å². The summed E-state index contributed by atoms with van der Waals surface area (Å²) in [4.78, 5) is 38.3. The molecule has 0 aliphatic heterocycles. The van der Waals surface area contributed by atoms with Crippen molar-refractivity contribution in [2.75, 3.05) is 13.2 Å². The topological polar surface area (TPSA) is 78.9 Å². The Labute approximate surface area is 475 Å². The van der Waals surface area contributed by atoms with Crippen molar-refractivity contribution in [1.29, 1.82) is 0 Å². The van der Waals surface area contributed by atoms with Crippen LogP contribution in [0.3, 0.4) is 0 Å². The molecule has 0 aromatic rings. The van der Waals surface area contributed by atoms with Crippen molar-refractivity contribution >= 4 is 17.9 Å². The highest BCUT2D eigenvalue weighted by Crippen LogP contribution is 2.19. The van der Waals surface area contributed by atoms with Gasteiger partial charge in [0.2, 0.25) is 0 Å². The van der Waals surface area contributed by atoms with Crippen molar-refractivity contribution in [1.82, 2.24) is 0 Å². The van der Waals surface area contributed by atoms with E-state index in [2.05, 4.69) is 32.9 Å². The van der Waals surface area contributed by atoms with E-state index in [9.17, 15) is 14.4 Å². The standard InChI is InChI=1S/C70H134O6/c1-4-7-10-13-16-19-22-25-27-29-31-33-34-35-36-38-39-41-43-45-48-51-54-57-60-63-69(72)75-66-67(65-74-68(71)62-59-56-53-50-47-24-21-18-15-12-9-6-3)76-70(73)64-61-58-55-52-49-46-44-42-40-37-32-30-28-26-23-20-17-14-11-8-5-2/h18,21,67H,4-17,19-20,22-66H2,1-3H3/b21-18-. The molecule has 0 spiro atoms. The van der Waals surface area contributed by atoms with Crippen LogP contribution < -0.4 is 0 Å². The summed E-state index contributed by atoms with van der Waals surface area (Å²) in [5.41, 5.74) is 0. The Morgan fingerprint density at radius 3 is 0.684 bits per heavy atom. The van der Waals surface area contributed by atoms with Gasteiger partial charge in [-0.15, -0.1) is 0 Å². The number of carbonyl (C=O) groups is 3. The molecule has 0 aromatic heterocycles. The van der Waals surface area contributed by atoms with Crippen LogP contribution in [0.5, 0.6) is 0 Å². The molecule has 0 heterocycles. The van der Waals surface area contributed by atoms with Crippen LogP contribution in [-0.4, -0.2) is 37.2 Å². The van der Waals surface area contributed by atoms with Crippen molar-refractivity contribution in [3.05, 3.63) is 12.2 Å². The molecule has 1 atom stereocenters. The summed E-state index contributed by atoms with van der Waals surface area (Å²) in [6, 6.07) is 0. The van der Waals surface area contributed by atoms with Gasteiger partial charge in [-0.25, -0.2) is 0 Å². The van der Waals surface area contributed by atoms with Crippen molar-refractivity contribution in [3.63, 3.8) is 0 Å². The van der Waals surface area contributed by atoms with Crippen LogP contribution in [0.1, 0.15) is 400 Å². The predicted molar refractivity (Wildman–Crippen MR) is 330 cm³/mol. The highest BCUT2D eigenvalue weighted by molar-refractivity contribution is 5.71. The zero-order valence-corrected chi connectivity index (χ0v) is 51.8. The Balaban J connectivity index is 4.18. The summed E-state index contributed by atoms with van der Waals surface area (Å²) >= 11 is 0. The number of unbranched alkanes of at least 4 members (excludes halogenated alkanes) is 52. The highest BCUT2D eigenvalue weighted by Gasteiger charge is 2.19. The number of hydrogen-bond donors (Lipinski definition) is 0. The Kier molecular flexibility index (Phi) is 64.1. The van der Waals surface area contributed by atoms with Crippen LogP contribution in [0.15, 0.2) is 12.2 Å². The van der Waals surface area contributed by atoms with Gasteiger partial charge in [0.1, 0.15) is 13.2 Å². The van der Waals surface area contributed by atoms with Gasteiger partial charge in [0.15, 0.2) is 6.10 Å². The minimum Gasteiger partial charge on any atom is -0.462 e. The van der Waals surface area contributed by atoms with Gasteiger partial charge >= 0.3 is 17.9 Å². The molecule has 0 aliphatic carbocycles. The van der Waals surface area contributed by atoms with Gasteiger partial charge < -0.3 is 14.2 Å². The van der Waals surface area contributed by atoms with Crippen LogP contribution in [0.4, 0.5) is 0 Å². The Bertz CT molecular complexity index is 1180. The van der Waals surface area contributed by atoms with Gasteiger partial charge in [-0.2, -0.15) is 0 Å². The maximum Gasteiger partial charge on any atom is 0.306 e. The fourth-order valence-electron chi connectivity index (χ4n) is 10.8. The molecule has 0 fully saturated rings. The minimum atomic E-state index is -0.769. The molecule has 0 aliphatic rings. The van der Waals surface area contributed by atoms with Crippen molar-refractivity contribution in [3.8, 4) is 0 Å². The monoisotopic (exact) mass is 1070 g/mol. The maximum absolute atomic E-state index is 12.9. The lowest BCUT2D eigenvalue weighted by molar-refractivity contribution is -0.167. The second kappa shape index (κ2) is 65.7. The second-order valence-electron chi connectivity index (χ2n) is 23.8. The average molecular weight is 1070 g/mol. The maximum atomic E-state index is 12.9. The van der Waals surface area contributed by atoms with Gasteiger partial charge in [-0.1, -0.05) is 348 Å². The van der Waals surface area contributed by atoms with Gasteiger partial charge in [-0.05, 0) is 44.9 Å². The molecule has 450 valence electrons. The van der Waals surface area contributed by atoms with Crippen LogP contribution in [0.2, 0.25) is 0 Å². The van der Waals surface area contributed by atoms with Crippen LogP contribution in [0, 0.1) is 0 Å². The summed E-state index contributed by atoms with van der Waals surface area (Å²) in [6.45, 7) is 6.70. The lowest BCUT2D eigenvalue weighted by Gasteiger charge is -2.18. The summed E-state index contributed by atoms with van der Waals surface area (Å²) in [7, 11) is 0. The molecule has 0 saturated carbocycles. The Morgan fingerprint density at radius 1 is 0.250 bits per heavy atom. The number of rotatable bonds is 65. The fourth-order valence-corrected chi connectivity index (χ4v) is 10.8. The lowest BCUT2D eigenvalue weighted by Crippen LogP contribution is -2.30. The van der Waals surface area contributed by atoms with Crippen LogP contribution in [-0.2, 0) is 28.6 Å². The smallest absolute Gasteiger partial charge is 0.306 e. The molecule has 0 N–H and O–H groups in total. The molecule has 0 aromatic carbocycles. The highest BCUT2D eigenvalue weighted by atomic mass is 16.6. The molecule has 6 nitrogen and oxygen atoms in total. The molecular formula is C70H134O6. The van der Waals surface area contributed by atoms with E-state index in [1.165, 1.54) is 295 Å². The molecule has 0 bridgehead atoms. The minimum absolute atomic E-state index is 0.0658. The molecular weight excluding hydrogens is 937 g/mol. The third kappa shape index (κ3) is 63.0. The molecule has 0 rings (SSSR count). The van der Waals surface area contributed by atoms with Crippen LogP contribution >= 0.6 is 0 Å². The number of hydrogen-bond acceptors (Lipinski definition) is 6. The fraction of sp³-hybridized carbons (Fsp3) is 0.929. The molecule has 76 heavy (non-hydrogen) atoms. The van der Waals surface area contributed by atoms with E-state index in [0.29, 0.717) is 19.3 Å². The number of carbonyl (C=O) groups excluding carboxylic acids is 3. The number of esters is 3. The van der Waals surface area contributed by atoms with E-state index in [4.69, 9.17) is 14.2 Å². The molecule has 6 heteroatoms. The summed E-state index contributed by atoms with van der Waals surface area (Å²) in [6.07, 6.45) is 78.2. The summed E-state index contributed by atoms with van der Waals surface area (Å²) in [5.74, 6) is -0.842. The molecule has 0 radical (unpaired) electrons. The number of allylic oxidation sites excluding steroid dienone is 2. The zero-order valence-electron chi connectivity index (χ0n) is 51.8. The molecule has 0 amide bonds. The van der Waals surface area contributed by atoms with Crippen molar-refractivity contribution in [2.24, 2.45) is 0 Å². The first kappa shape index (κ1) is 74.2. The zero-order chi connectivity index (χ0) is 55.0.